The van der Waals surface area contributed by atoms with Crippen molar-refractivity contribution in [2.75, 3.05) is 7.05 Å². The first-order chi connectivity index (χ1) is 10.3. The molecule has 3 aromatic rings. The average Bonchev–Trinajstić information content (AvgIpc) is 2.86. The molecule has 21 heavy (non-hydrogen) atoms. The third kappa shape index (κ3) is 2.98. The standard InChI is InChI=1S/C18H20N2O/c1-3-17-16(15-8-4-5-9-18(15)21-17)13-20(2)12-14-7-6-10-19-11-14/h4-11H,3,12-13H2,1-2H3. The summed E-state index contributed by atoms with van der Waals surface area (Å²) in [5.41, 5.74) is 3.52. The third-order valence-electron chi connectivity index (χ3n) is 3.71. The van der Waals surface area contributed by atoms with E-state index in [0.717, 1.165) is 30.9 Å². The van der Waals surface area contributed by atoms with Crippen molar-refractivity contribution in [3.05, 3.63) is 65.7 Å². The van der Waals surface area contributed by atoms with Crippen molar-refractivity contribution in [3.8, 4) is 0 Å². The zero-order chi connectivity index (χ0) is 14.7. The maximum Gasteiger partial charge on any atom is 0.134 e. The van der Waals surface area contributed by atoms with Gasteiger partial charge in [-0.3, -0.25) is 9.88 Å². The Labute approximate surface area is 125 Å². The van der Waals surface area contributed by atoms with Crippen LogP contribution >= 0.6 is 0 Å². The molecule has 0 aliphatic carbocycles. The van der Waals surface area contributed by atoms with Crippen LogP contribution in [0.5, 0.6) is 0 Å². The number of hydrogen-bond acceptors (Lipinski definition) is 3. The van der Waals surface area contributed by atoms with Gasteiger partial charge in [0.1, 0.15) is 11.3 Å². The molecule has 0 saturated carbocycles. The monoisotopic (exact) mass is 280 g/mol. The van der Waals surface area contributed by atoms with Gasteiger partial charge >= 0.3 is 0 Å². The Balaban J connectivity index is 1.84. The minimum atomic E-state index is 0.884. The predicted molar refractivity (Wildman–Crippen MR) is 85.0 cm³/mol. The zero-order valence-corrected chi connectivity index (χ0v) is 12.5. The molecule has 0 bridgehead atoms. The van der Waals surface area contributed by atoms with E-state index in [9.17, 15) is 0 Å². The highest BCUT2D eigenvalue weighted by atomic mass is 16.3. The van der Waals surface area contributed by atoms with E-state index in [-0.39, 0.29) is 0 Å². The summed E-state index contributed by atoms with van der Waals surface area (Å²) in [6, 6.07) is 12.4. The topological polar surface area (TPSA) is 29.3 Å². The molecule has 0 N–H and O–H groups in total. The molecule has 0 unspecified atom stereocenters. The molecule has 3 rings (SSSR count). The van der Waals surface area contributed by atoms with E-state index in [1.165, 1.54) is 16.5 Å². The van der Waals surface area contributed by atoms with Crippen molar-refractivity contribution < 1.29 is 4.42 Å². The largest absolute Gasteiger partial charge is 0.461 e. The van der Waals surface area contributed by atoms with Gasteiger partial charge in [-0.1, -0.05) is 31.2 Å². The van der Waals surface area contributed by atoms with Gasteiger partial charge < -0.3 is 4.42 Å². The maximum absolute atomic E-state index is 5.96. The molecule has 108 valence electrons. The Morgan fingerprint density at radius 2 is 1.95 bits per heavy atom. The Bertz CT molecular complexity index is 718. The van der Waals surface area contributed by atoms with Crippen LogP contribution in [-0.2, 0) is 19.5 Å². The van der Waals surface area contributed by atoms with Gasteiger partial charge in [-0.25, -0.2) is 0 Å². The summed E-state index contributed by atoms with van der Waals surface area (Å²) in [6.07, 6.45) is 4.65. The van der Waals surface area contributed by atoms with Gasteiger partial charge in [-0.2, -0.15) is 0 Å². The number of furan rings is 1. The van der Waals surface area contributed by atoms with Gasteiger partial charge in [-0.15, -0.1) is 0 Å². The van der Waals surface area contributed by atoms with Crippen molar-refractivity contribution in [3.63, 3.8) is 0 Å². The van der Waals surface area contributed by atoms with Crippen molar-refractivity contribution in [2.24, 2.45) is 0 Å². The zero-order valence-electron chi connectivity index (χ0n) is 12.5. The molecule has 2 heterocycles. The van der Waals surface area contributed by atoms with E-state index < -0.39 is 0 Å². The van der Waals surface area contributed by atoms with E-state index in [4.69, 9.17) is 4.42 Å². The van der Waals surface area contributed by atoms with Gasteiger partial charge in [0.15, 0.2) is 0 Å². The van der Waals surface area contributed by atoms with Crippen molar-refractivity contribution in [2.45, 2.75) is 26.4 Å². The fourth-order valence-corrected chi connectivity index (χ4v) is 2.74. The van der Waals surface area contributed by atoms with Gasteiger partial charge in [0, 0.05) is 42.9 Å². The third-order valence-corrected chi connectivity index (χ3v) is 3.71. The fraction of sp³-hybridized carbons (Fsp3) is 0.278. The second-order valence-corrected chi connectivity index (χ2v) is 5.39. The summed E-state index contributed by atoms with van der Waals surface area (Å²) in [7, 11) is 2.13. The first kappa shape index (κ1) is 13.8. The maximum atomic E-state index is 5.96. The van der Waals surface area contributed by atoms with Crippen LogP contribution in [0.15, 0.2) is 53.2 Å². The molecule has 1 aromatic carbocycles. The molecule has 0 atom stereocenters. The van der Waals surface area contributed by atoms with E-state index in [1.54, 1.807) is 0 Å². The number of aryl methyl sites for hydroxylation is 1. The highest BCUT2D eigenvalue weighted by Crippen LogP contribution is 2.27. The van der Waals surface area contributed by atoms with Crippen molar-refractivity contribution in [1.29, 1.82) is 0 Å². The molecule has 0 radical (unpaired) electrons. The van der Waals surface area contributed by atoms with Crippen molar-refractivity contribution in [1.82, 2.24) is 9.88 Å². The molecule has 3 nitrogen and oxygen atoms in total. The second kappa shape index (κ2) is 6.10. The lowest BCUT2D eigenvalue weighted by atomic mass is 10.1. The number of para-hydroxylation sites is 1. The summed E-state index contributed by atoms with van der Waals surface area (Å²) in [5, 5.41) is 1.23. The van der Waals surface area contributed by atoms with E-state index in [2.05, 4.69) is 42.1 Å². The summed E-state index contributed by atoms with van der Waals surface area (Å²) in [6.45, 7) is 3.91. The molecule has 2 aromatic heterocycles. The van der Waals surface area contributed by atoms with Gasteiger partial charge in [0.2, 0.25) is 0 Å². The molecule has 0 fully saturated rings. The number of pyridine rings is 1. The van der Waals surface area contributed by atoms with Crippen LogP contribution in [0.25, 0.3) is 11.0 Å². The van der Waals surface area contributed by atoms with Crippen LogP contribution in [0.4, 0.5) is 0 Å². The van der Waals surface area contributed by atoms with Crippen LogP contribution in [0.3, 0.4) is 0 Å². The van der Waals surface area contributed by atoms with Crippen LogP contribution in [0.1, 0.15) is 23.8 Å². The fourth-order valence-electron chi connectivity index (χ4n) is 2.74. The number of fused-ring (bicyclic) bond motifs is 1. The second-order valence-electron chi connectivity index (χ2n) is 5.39. The molecular weight excluding hydrogens is 260 g/mol. The van der Waals surface area contributed by atoms with Crippen LogP contribution in [0.2, 0.25) is 0 Å². The molecule has 3 heteroatoms. The minimum Gasteiger partial charge on any atom is -0.461 e. The van der Waals surface area contributed by atoms with Gasteiger partial charge in [0.25, 0.3) is 0 Å². The Morgan fingerprint density at radius 3 is 2.71 bits per heavy atom. The lowest BCUT2D eigenvalue weighted by Gasteiger charge is -2.16. The van der Waals surface area contributed by atoms with Gasteiger partial charge in [0.05, 0.1) is 0 Å². The highest BCUT2D eigenvalue weighted by molar-refractivity contribution is 5.82. The summed E-state index contributed by atoms with van der Waals surface area (Å²) in [5.74, 6) is 1.09. The number of benzene rings is 1. The SMILES string of the molecule is CCc1oc2ccccc2c1CN(C)Cc1cccnc1. The van der Waals surface area contributed by atoms with E-state index in [1.807, 2.05) is 30.6 Å². The molecule has 0 amide bonds. The smallest absolute Gasteiger partial charge is 0.134 e. The Morgan fingerprint density at radius 1 is 1.10 bits per heavy atom. The molecule has 0 aliphatic rings. The quantitative estimate of drug-likeness (QED) is 0.707. The number of nitrogens with zero attached hydrogens (tertiary/aromatic N) is 2. The van der Waals surface area contributed by atoms with E-state index in [0.29, 0.717) is 0 Å². The van der Waals surface area contributed by atoms with Crippen molar-refractivity contribution >= 4 is 11.0 Å². The molecule has 0 aliphatic heterocycles. The first-order valence-corrected chi connectivity index (χ1v) is 7.34. The predicted octanol–water partition coefficient (Wildman–Crippen LogP) is 4.02. The highest BCUT2D eigenvalue weighted by Gasteiger charge is 2.14. The Hall–Kier alpha value is -2.13. The number of aromatic nitrogens is 1. The number of hydrogen-bond donors (Lipinski definition) is 0. The summed E-state index contributed by atoms with van der Waals surface area (Å²) >= 11 is 0. The molecule has 0 spiro atoms. The van der Waals surface area contributed by atoms with Crippen LogP contribution in [0, 0.1) is 0 Å². The van der Waals surface area contributed by atoms with Crippen LogP contribution < -0.4 is 0 Å². The Kier molecular flexibility index (Phi) is 4.02. The van der Waals surface area contributed by atoms with Crippen LogP contribution in [-0.4, -0.2) is 16.9 Å². The normalized spacial score (nSPS) is 11.4. The van der Waals surface area contributed by atoms with E-state index >= 15 is 0 Å². The number of rotatable bonds is 5. The average molecular weight is 280 g/mol. The molecule has 0 saturated heterocycles. The summed E-state index contributed by atoms with van der Waals surface area (Å²) < 4.78 is 5.96. The first-order valence-electron chi connectivity index (χ1n) is 7.34. The minimum absolute atomic E-state index is 0.884. The van der Waals surface area contributed by atoms with Gasteiger partial charge in [-0.05, 0) is 24.7 Å². The lowest BCUT2D eigenvalue weighted by molar-refractivity contribution is 0.316. The summed E-state index contributed by atoms with van der Waals surface area (Å²) in [4.78, 5) is 6.47. The molecular formula is C18H20N2O. The lowest BCUT2D eigenvalue weighted by Crippen LogP contribution is -2.17.